The Morgan fingerprint density at radius 2 is 1.52 bits per heavy atom. The van der Waals surface area contributed by atoms with Gasteiger partial charge in [0.15, 0.2) is 0 Å². The smallest absolute Gasteiger partial charge is 0.119 e. The molecule has 0 spiro atoms. The molecule has 2 rings (SSSR count). The van der Waals surface area contributed by atoms with Gasteiger partial charge < -0.3 is 14.6 Å². The summed E-state index contributed by atoms with van der Waals surface area (Å²) >= 11 is 0. The van der Waals surface area contributed by atoms with Crippen molar-refractivity contribution in [1.82, 2.24) is 0 Å². The Bertz CT molecular complexity index is 531. The molecule has 0 saturated heterocycles. The number of aliphatic hydroxyl groups is 1. The molecule has 0 bridgehead atoms. The minimum absolute atomic E-state index is 0.614. The number of rotatable bonds is 7. The van der Waals surface area contributed by atoms with Gasteiger partial charge in [0.25, 0.3) is 0 Å². The molecule has 1 atom stereocenters. The first kappa shape index (κ1) is 15.5. The van der Waals surface area contributed by atoms with E-state index in [4.69, 9.17) is 9.47 Å². The van der Waals surface area contributed by atoms with Crippen LogP contribution in [0, 0.1) is 0 Å². The molecular weight excluding hydrogens is 264 g/mol. The fraction of sp³-hybridized carbons (Fsp3) is 0.333. The van der Waals surface area contributed by atoms with E-state index in [9.17, 15) is 5.11 Å². The Labute approximate surface area is 126 Å². The SMILES string of the molecule is CCOc1ccc(C(O)c2ccc(CCOC)cc2)cc1. The molecule has 0 aliphatic carbocycles. The summed E-state index contributed by atoms with van der Waals surface area (Å²) in [5.74, 6) is 0.823. The summed E-state index contributed by atoms with van der Waals surface area (Å²) < 4.78 is 10.5. The van der Waals surface area contributed by atoms with E-state index in [1.165, 1.54) is 5.56 Å². The summed E-state index contributed by atoms with van der Waals surface area (Å²) in [5, 5.41) is 10.4. The van der Waals surface area contributed by atoms with Gasteiger partial charge in [0.05, 0.1) is 13.2 Å². The Morgan fingerprint density at radius 3 is 2.05 bits per heavy atom. The van der Waals surface area contributed by atoms with Crippen molar-refractivity contribution < 1.29 is 14.6 Å². The van der Waals surface area contributed by atoms with E-state index in [2.05, 4.69) is 0 Å². The van der Waals surface area contributed by atoms with Gasteiger partial charge in [0, 0.05) is 7.11 Å². The number of aliphatic hydroxyl groups excluding tert-OH is 1. The molecule has 112 valence electrons. The molecular formula is C18H22O3. The highest BCUT2D eigenvalue weighted by atomic mass is 16.5. The minimum Gasteiger partial charge on any atom is -0.494 e. The maximum absolute atomic E-state index is 10.4. The second kappa shape index (κ2) is 7.81. The maximum atomic E-state index is 10.4. The first-order valence-corrected chi connectivity index (χ1v) is 7.23. The fourth-order valence-electron chi connectivity index (χ4n) is 2.19. The van der Waals surface area contributed by atoms with Crippen LogP contribution in [0.25, 0.3) is 0 Å². The third-order valence-electron chi connectivity index (χ3n) is 3.40. The maximum Gasteiger partial charge on any atom is 0.119 e. The molecule has 3 nitrogen and oxygen atoms in total. The molecule has 1 unspecified atom stereocenters. The van der Waals surface area contributed by atoms with Crippen LogP contribution in [-0.4, -0.2) is 25.4 Å². The zero-order valence-corrected chi connectivity index (χ0v) is 12.6. The normalized spacial score (nSPS) is 12.1. The zero-order chi connectivity index (χ0) is 15.1. The van der Waals surface area contributed by atoms with Gasteiger partial charge in [-0.25, -0.2) is 0 Å². The molecule has 1 N–H and O–H groups in total. The van der Waals surface area contributed by atoms with Crippen LogP contribution in [0.3, 0.4) is 0 Å². The van der Waals surface area contributed by atoms with Gasteiger partial charge in [-0.15, -0.1) is 0 Å². The fourth-order valence-corrected chi connectivity index (χ4v) is 2.19. The third kappa shape index (κ3) is 4.31. The Balaban J connectivity index is 2.06. The van der Waals surface area contributed by atoms with E-state index in [-0.39, 0.29) is 0 Å². The summed E-state index contributed by atoms with van der Waals surface area (Å²) in [7, 11) is 1.70. The van der Waals surface area contributed by atoms with Crippen LogP contribution in [0.1, 0.15) is 29.7 Å². The van der Waals surface area contributed by atoms with Crippen LogP contribution in [0.4, 0.5) is 0 Å². The molecule has 0 heterocycles. The highest BCUT2D eigenvalue weighted by Gasteiger charge is 2.10. The van der Waals surface area contributed by atoms with Crippen LogP contribution in [0.2, 0.25) is 0 Å². The minimum atomic E-state index is -0.614. The number of ether oxygens (including phenoxy) is 2. The Hall–Kier alpha value is -1.84. The zero-order valence-electron chi connectivity index (χ0n) is 12.6. The van der Waals surface area contributed by atoms with E-state index < -0.39 is 6.10 Å². The molecule has 0 saturated carbocycles. The number of benzene rings is 2. The molecule has 0 fully saturated rings. The van der Waals surface area contributed by atoms with E-state index >= 15 is 0 Å². The highest BCUT2D eigenvalue weighted by molar-refractivity contribution is 5.35. The lowest BCUT2D eigenvalue weighted by Gasteiger charge is -2.13. The van der Waals surface area contributed by atoms with Crippen molar-refractivity contribution in [2.45, 2.75) is 19.4 Å². The van der Waals surface area contributed by atoms with Crippen molar-refractivity contribution in [3.63, 3.8) is 0 Å². The summed E-state index contributed by atoms with van der Waals surface area (Å²) in [6.07, 6.45) is 0.271. The molecule has 21 heavy (non-hydrogen) atoms. The van der Waals surface area contributed by atoms with Gasteiger partial charge in [0.2, 0.25) is 0 Å². The lowest BCUT2D eigenvalue weighted by molar-refractivity contribution is 0.202. The first-order chi connectivity index (χ1) is 10.2. The van der Waals surface area contributed by atoms with Crippen molar-refractivity contribution >= 4 is 0 Å². The predicted octanol–water partition coefficient (Wildman–Crippen LogP) is 3.36. The number of hydrogen-bond donors (Lipinski definition) is 1. The van der Waals surface area contributed by atoms with Gasteiger partial charge in [0.1, 0.15) is 11.9 Å². The number of hydrogen-bond acceptors (Lipinski definition) is 3. The molecule has 0 radical (unpaired) electrons. The quantitative estimate of drug-likeness (QED) is 0.848. The molecule has 0 aliphatic heterocycles. The van der Waals surface area contributed by atoms with E-state index in [0.29, 0.717) is 13.2 Å². The summed E-state index contributed by atoms with van der Waals surface area (Å²) in [5.41, 5.74) is 2.96. The van der Waals surface area contributed by atoms with E-state index in [0.717, 1.165) is 23.3 Å². The molecule has 2 aromatic rings. The number of methoxy groups -OCH3 is 1. The summed E-state index contributed by atoms with van der Waals surface area (Å²) in [6, 6.07) is 15.6. The molecule has 3 heteroatoms. The van der Waals surface area contributed by atoms with Gasteiger partial charge in [-0.1, -0.05) is 36.4 Å². The van der Waals surface area contributed by atoms with Crippen molar-refractivity contribution in [3.8, 4) is 5.75 Å². The van der Waals surface area contributed by atoms with Crippen LogP contribution in [0.15, 0.2) is 48.5 Å². The van der Waals surface area contributed by atoms with Crippen LogP contribution in [-0.2, 0) is 11.2 Å². The van der Waals surface area contributed by atoms with Crippen molar-refractivity contribution in [2.75, 3.05) is 20.3 Å². The van der Waals surface area contributed by atoms with Gasteiger partial charge in [-0.3, -0.25) is 0 Å². The highest BCUT2D eigenvalue weighted by Crippen LogP contribution is 2.24. The molecule has 0 aliphatic rings. The summed E-state index contributed by atoms with van der Waals surface area (Å²) in [4.78, 5) is 0. The van der Waals surface area contributed by atoms with Crippen molar-refractivity contribution in [2.24, 2.45) is 0 Å². The topological polar surface area (TPSA) is 38.7 Å². The second-order valence-corrected chi connectivity index (χ2v) is 4.89. The lowest BCUT2D eigenvalue weighted by atomic mass is 10.00. The monoisotopic (exact) mass is 286 g/mol. The van der Waals surface area contributed by atoms with Crippen molar-refractivity contribution in [3.05, 3.63) is 65.2 Å². The Morgan fingerprint density at radius 1 is 0.952 bits per heavy atom. The molecule has 2 aromatic carbocycles. The average molecular weight is 286 g/mol. The van der Waals surface area contributed by atoms with Gasteiger partial charge in [-0.2, -0.15) is 0 Å². The molecule has 0 amide bonds. The standard InChI is InChI=1S/C18H22O3/c1-3-21-17-10-8-16(9-11-17)18(19)15-6-4-14(5-7-15)12-13-20-2/h4-11,18-19H,3,12-13H2,1-2H3. The second-order valence-electron chi connectivity index (χ2n) is 4.89. The van der Waals surface area contributed by atoms with Crippen LogP contribution >= 0.6 is 0 Å². The summed E-state index contributed by atoms with van der Waals surface area (Å²) in [6.45, 7) is 3.31. The average Bonchev–Trinajstić information content (AvgIpc) is 2.54. The largest absolute Gasteiger partial charge is 0.494 e. The van der Waals surface area contributed by atoms with Gasteiger partial charge >= 0.3 is 0 Å². The third-order valence-corrected chi connectivity index (χ3v) is 3.40. The Kier molecular flexibility index (Phi) is 5.78. The first-order valence-electron chi connectivity index (χ1n) is 7.23. The lowest BCUT2D eigenvalue weighted by Crippen LogP contribution is -2.01. The molecule has 0 aromatic heterocycles. The van der Waals surface area contributed by atoms with E-state index in [1.54, 1.807) is 7.11 Å². The van der Waals surface area contributed by atoms with E-state index in [1.807, 2.05) is 55.5 Å². The predicted molar refractivity (Wildman–Crippen MR) is 83.7 cm³/mol. The van der Waals surface area contributed by atoms with Crippen molar-refractivity contribution in [1.29, 1.82) is 0 Å². The van der Waals surface area contributed by atoms with Crippen LogP contribution in [0.5, 0.6) is 5.75 Å². The van der Waals surface area contributed by atoms with Gasteiger partial charge in [-0.05, 0) is 42.2 Å². The van der Waals surface area contributed by atoms with Crippen LogP contribution < -0.4 is 4.74 Å².